The van der Waals surface area contributed by atoms with Gasteiger partial charge in [0, 0.05) is 7.05 Å². The zero-order valence-electron chi connectivity index (χ0n) is 12.4. The largest absolute Gasteiger partial charge is 0.409 e. The molecule has 0 amide bonds. The van der Waals surface area contributed by atoms with E-state index in [0.717, 1.165) is 12.8 Å². The summed E-state index contributed by atoms with van der Waals surface area (Å²) in [6, 6.07) is 0. The Kier molecular flexibility index (Phi) is 3.98. The van der Waals surface area contributed by atoms with Crippen LogP contribution >= 0.6 is 0 Å². The maximum atomic E-state index is 12.7. The Morgan fingerprint density at radius 1 is 1.43 bits per heavy atom. The Hall–Kier alpha value is -1.61. The van der Waals surface area contributed by atoms with Gasteiger partial charge in [-0.2, -0.15) is 9.82 Å². The predicted molar refractivity (Wildman–Crippen MR) is 77.6 cm³/mol. The van der Waals surface area contributed by atoms with Crippen LogP contribution in [0.15, 0.2) is 10.1 Å². The van der Waals surface area contributed by atoms with Crippen LogP contribution in [0.4, 0.5) is 0 Å². The summed E-state index contributed by atoms with van der Waals surface area (Å²) in [4.78, 5) is 0.155. The second-order valence-electron chi connectivity index (χ2n) is 5.50. The molecule has 118 valence electrons. The molecule has 0 bridgehead atoms. The molecular weight excluding hydrogens is 294 g/mol. The Morgan fingerprint density at radius 3 is 2.43 bits per heavy atom. The molecule has 1 aliphatic rings. The van der Waals surface area contributed by atoms with Gasteiger partial charge in [-0.3, -0.25) is 4.68 Å². The van der Waals surface area contributed by atoms with Crippen LogP contribution in [0.5, 0.6) is 0 Å². The third-order valence-electron chi connectivity index (χ3n) is 4.10. The fraction of sp³-hybridized carbons (Fsp3) is 0.667. The molecule has 1 aromatic heterocycles. The lowest BCUT2D eigenvalue weighted by molar-refractivity contribution is 0.309. The van der Waals surface area contributed by atoms with Gasteiger partial charge in [-0.1, -0.05) is 18.0 Å². The normalized spacial score (nSPS) is 19.1. The number of amidine groups is 1. The minimum atomic E-state index is -3.80. The van der Waals surface area contributed by atoms with Gasteiger partial charge in [-0.25, -0.2) is 8.42 Å². The van der Waals surface area contributed by atoms with Gasteiger partial charge in [0.05, 0.1) is 16.9 Å². The Bertz CT molecular complexity index is 671. The lowest BCUT2D eigenvalue weighted by atomic mass is 9.98. The molecule has 21 heavy (non-hydrogen) atoms. The Balaban J connectivity index is 2.45. The summed E-state index contributed by atoms with van der Waals surface area (Å²) in [6.45, 7) is 3.34. The second-order valence-corrected chi connectivity index (χ2v) is 7.12. The molecule has 0 aromatic carbocycles. The topological polar surface area (TPSA) is 123 Å². The summed E-state index contributed by atoms with van der Waals surface area (Å²) in [5, 5.41) is 16.1. The van der Waals surface area contributed by atoms with Gasteiger partial charge in [0.25, 0.3) is 0 Å². The lowest BCUT2D eigenvalue weighted by Gasteiger charge is -2.28. The molecule has 0 radical (unpaired) electrons. The average molecular weight is 315 g/mol. The molecule has 0 atom stereocenters. The van der Waals surface area contributed by atoms with Crippen LogP contribution in [-0.4, -0.2) is 34.8 Å². The van der Waals surface area contributed by atoms with Crippen molar-refractivity contribution in [3.63, 3.8) is 0 Å². The zero-order chi connectivity index (χ0) is 15.8. The predicted octanol–water partition coefficient (Wildman–Crippen LogP) is 0.374. The van der Waals surface area contributed by atoms with E-state index in [1.54, 1.807) is 20.9 Å². The summed E-state index contributed by atoms with van der Waals surface area (Å²) >= 11 is 0. The van der Waals surface area contributed by atoms with E-state index in [2.05, 4.69) is 15.0 Å². The summed E-state index contributed by atoms with van der Waals surface area (Å²) in [5.41, 5.74) is 5.70. The molecule has 1 saturated carbocycles. The number of nitrogens with two attached hydrogens (primary N) is 1. The van der Waals surface area contributed by atoms with Crippen molar-refractivity contribution in [2.24, 2.45) is 17.9 Å². The number of oxime groups is 1. The molecule has 4 N–H and O–H groups in total. The SMILES string of the molecule is Cc1nn(C)c(C)c1S(=O)(=O)NC1(C(N)=NO)CCCC1. The highest BCUT2D eigenvalue weighted by atomic mass is 32.2. The molecule has 1 aromatic rings. The molecule has 0 unspecified atom stereocenters. The third kappa shape index (κ3) is 2.62. The minimum absolute atomic E-state index is 0.0947. The lowest BCUT2D eigenvalue weighted by Crippen LogP contribution is -2.55. The molecule has 1 heterocycles. The van der Waals surface area contributed by atoms with Crippen molar-refractivity contribution in [2.45, 2.75) is 50.0 Å². The van der Waals surface area contributed by atoms with E-state index in [-0.39, 0.29) is 10.7 Å². The van der Waals surface area contributed by atoms with Crippen molar-refractivity contribution in [1.82, 2.24) is 14.5 Å². The van der Waals surface area contributed by atoms with E-state index in [9.17, 15) is 8.42 Å². The second kappa shape index (κ2) is 5.30. The van der Waals surface area contributed by atoms with Crippen LogP contribution in [0.2, 0.25) is 0 Å². The minimum Gasteiger partial charge on any atom is -0.409 e. The van der Waals surface area contributed by atoms with Crippen molar-refractivity contribution in [3.05, 3.63) is 11.4 Å². The van der Waals surface area contributed by atoms with E-state index in [1.165, 1.54) is 4.68 Å². The van der Waals surface area contributed by atoms with E-state index in [0.29, 0.717) is 24.2 Å². The van der Waals surface area contributed by atoms with Crippen molar-refractivity contribution < 1.29 is 13.6 Å². The van der Waals surface area contributed by atoms with Crippen LogP contribution in [0.1, 0.15) is 37.1 Å². The molecule has 1 fully saturated rings. The maximum Gasteiger partial charge on any atom is 0.245 e. The van der Waals surface area contributed by atoms with Gasteiger partial charge < -0.3 is 10.9 Å². The van der Waals surface area contributed by atoms with Gasteiger partial charge in [0.2, 0.25) is 10.0 Å². The van der Waals surface area contributed by atoms with Crippen LogP contribution < -0.4 is 10.5 Å². The number of sulfonamides is 1. The smallest absolute Gasteiger partial charge is 0.245 e. The highest BCUT2D eigenvalue weighted by molar-refractivity contribution is 7.89. The quantitative estimate of drug-likeness (QED) is 0.321. The van der Waals surface area contributed by atoms with Gasteiger partial charge in [0.15, 0.2) is 5.84 Å². The number of hydrogen-bond donors (Lipinski definition) is 3. The summed E-state index contributed by atoms with van der Waals surface area (Å²) in [5.74, 6) is -0.0947. The summed E-state index contributed by atoms with van der Waals surface area (Å²) < 4.78 is 29.6. The standard InChI is InChI=1S/C12H21N5O3S/c1-8-10(9(2)17(3)14-8)21(19,20)16-12(11(13)15-18)6-4-5-7-12/h16,18H,4-7H2,1-3H3,(H2,13,15). The molecule has 1 aliphatic carbocycles. The first-order valence-corrected chi connectivity index (χ1v) is 8.24. The zero-order valence-corrected chi connectivity index (χ0v) is 13.2. The first-order valence-electron chi connectivity index (χ1n) is 6.76. The number of nitrogens with one attached hydrogen (secondary N) is 1. The van der Waals surface area contributed by atoms with Crippen molar-refractivity contribution in [3.8, 4) is 0 Å². The summed E-state index contributed by atoms with van der Waals surface area (Å²) in [6.07, 6.45) is 2.68. The van der Waals surface area contributed by atoms with Crippen LogP contribution in [0.25, 0.3) is 0 Å². The van der Waals surface area contributed by atoms with Crippen LogP contribution in [0, 0.1) is 13.8 Å². The third-order valence-corrected chi connectivity index (χ3v) is 5.88. The van der Waals surface area contributed by atoms with Crippen LogP contribution in [0.3, 0.4) is 0 Å². The van der Waals surface area contributed by atoms with Crippen molar-refractivity contribution in [1.29, 1.82) is 0 Å². The summed E-state index contributed by atoms with van der Waals surface area (Å²) in [7, 11) is -2.11. The van der Waals surface area contributed by atoms with Gasteiger partial charge >= 0.3 is 0 Å². The molecular formula is C12H21N5O3S. The monoisotopic (exact) mass is 315 g/mol. The molecule has 0 spiro atoms. The highest BCUT2D eigenvalue weighted by Crippen LogP contribution is 2.32. The average Bonchev–Trinajstić information content (AvgIpc) is 2.95. The molecule has 2 rings (SSSR count). The van der Waals surface area contributed by atoms with E-state index < -0.39 is 15.6 Å². The number of rotatable bonds is 4. The van der Waals surface area contributed by atoms with E-state index in [1.807, 2.05) is 0 Å². The van der Waals surface area contributed by atoms with Gasteiger partial charge in [-0.05, 0) is 26.7 Å². The fourth-order valence-corrected chi connectivity index (χ4v) is 4.81. The van der Waals surface area contributed by atoms with Crippen molar-refractivity contribution in [2.75, 3.05) is 0 Å². The molecule has 0 saturated heterocycles. The molecule has 0 aliphatic heterocycles. The molecule has 8 nitrogen and oxygen atoms in total. The Labute approximate surface area is 124 Å². The fourth-order valence-electron chi connectivity index (χ4n) is 2.94. The van der Waals surface area contributed by atoms with E-state index >= 15 is 0 Å². The number of nitrogens with zero attached hydrogens (tertiary/aromatic N) is 3. The number of aryl methyl sites for hydroxylation is 2. The van der Waals surface area contributed by atoms with Crippen LogP contribution in [-0.2, 0) is 17.1 Å². The van der Waals surface area contributed by atoms with Crippen molar-refractivity contribution >= 4 is 15.9 Å². The Morgan fingerprint density at radius 2 is 2.00 bits per heavy atom. The first kappa shape index (κ1) is 15.8. The first-order chi connectivity index (χ1) is 9.73. The van der Waals surface area contributed by atoms with Gasteiger partial charge in [0.1, 0.15) is 4.90 Å². The van der Waals surface area contributed by atoms with Gasteiger partial charge in [-0.15, -0.1) is 0 Å². The maximum absolute atomic E-state index is 12.7. The highest BCUT2D eigenvalue weighted by Gasteiger charge is 2.43. The molecule has 9 heteroatoms. The number of hydrogen-bond acceptors (Lipinski definition) is 5. The van der Waals surface area contributed by atoms with E-state index in [4.69, 9.17) is 10.9 Å². The number of aromatic nitrogens is 2.